The molecule has 0 heterocycles. The lowest BCUT2D eigenvalue weighted by Gasteiger charge is -2.24. The van der Waals surface area contributed by atoms with E-state index < -0.39 is 0 Å². The van der Waals surface area contributed by atoms with Crippen LogP contribution in [-0.2, 0) is 10.8 Å². The van der Waals surface area contributed by atoms with E-state index in [1.807, 2.05) is 0 Å². The van der Waals surface area contributed by atoms with Crippen LogP contribution in [0.25, 0.3) is 110 Å². The van der Waals surface area contributed by atoms with Gasteiger partial charge in [-0.3, -0.25) is 0 Å². The molecule has 11 aromatic carbocycles. The molecule has 1 heteroatoms. The van der Waals surface area contributed by atoms with Crippen molar-refractivity contribution < 1.29 is 4.74 Å². The van der Waals surface area contributed by atoms with Gasteiger partial charge in [-0.2, -0.15) is 0 Å². The van der Waals surface area contributed by atoms with Gasteiger partial charge in [-0.25, -0.2) is 0 Å². The van der Waals surface area contributed by atoms with Gasteiger partial charge in [-0.05, 0) is 169 Å². The Morgan fingerprint density at radius 2 is 0.623 bits per heavy atom. The Morgan fingerprint density at radius 1 is 0.319 bits per heavy atom. The second-order valence-corrected chi connectivity index (χ2v) is 20.5. The van der Waals surface area contributed by atoms with E-state index in [4.69, 9.17) is 4.74 Å². The molecule has 0 atom stereocenters. The lowest BCUT2D eigenvalue weighted by atomic mass is 9.79. The molecule has 69 heavy (non-hydrogen) atoms. The second kappa shape index (κ2) is 15.7. The molecule has 0 unspecified atom stereocenters. The van der Waals surface area contributed by atoms with Crippen molar-refractivity contribution in [2.45, 2.75) is 58.3 Å². The fraction of sp³-hybridized carbons (Fsp3) is 0.147. The van der Waals surface area contributed by atoms with Crippen LogP contribution in [0.1, 0.15) is 69.7 Å². The van der Waals surface area contributed by atoms with Crippen LogP contribution in [0.2, 0.25) is 0 Å². The van der Waals surface area contributed by atoms with E-state index in [0.29, 0.717) is 0 Å². The monoisotopic (exact) mass is 886 g/mol. The molecule has 1 nitrogen and oxygen atoms in total. The van der Waals surface area contributed by atoms with Crippen LogP contribution in [0.5, 0.6) is 5.75 Å². The van der Waals surface area contributed by atoms with Gasteiger partial charge >= 0.3 is 0 Å². The van der Waals surface area contributed by atoms with Crippen LogP contribution < -0.4 is 4.74 Å². The van der Waals surface area contributed by atoms with Gasteiger partial charge in [0.15, 0.2) is 0 Å². The number of unbranched alkanes of at least 4 members (excludes halogenated alkanes) is 1. The van der Waals surface area contributed by atoms with Crippen molar-refractivity contribution in [3.05, 3.63) is 222 Å². The van der Waals surface area contributed by atoms with Crippen molar-refractivity contribution in [3.63, 3.8) is 0 Å². The molecule has 2 aliphatic carbocycles. The summed E-state index contributed by atoms with van der Waals surface area (Å²) in [4.78, 5) is 0. The van der Waals surface area contributed by atoms with Crippen LogP contribution in [-0.4, -0.2) is 6.61 Å². The maximum Gasteiger partial charge on any atom is 0.119 e. The zero-order valence-electron chi connectivity index (χ0n) is 40.1. The predicted molar refractivity (Wildman–Crippen MR) is 294 cm³/mol. The average molecular weight is 887 g/mol. The highest BCUT2D eigenvalue weighted by atomic mass is 16.5. The molecule has 13 rings (SSSR count). The quantitative estimate of drug-likeness (QED) is 0.109. The lowest BCUT2D eigenvalue weighted by molar-refractivity contribution is 0.309. The molecule has 0 radical (unpaired) electrons. The third-order valence-corrected chi connectivity index (χ3v) is 15.9. The van der Waals surface area contributed by atoms with E-state index in [9.17, 15) is 0 Å². The molecule has 0 aliphatic heterocycles. The van der Waals surface area contributed by atoms with Crippen LogP contribution in [0.15, 0.2) is 200 Å². The van der Waals surface area contributed by atoms with Crippen LogP contribution in [0.3, 0.4) is 0 Å². The minimum atomic E-state index is -0.227. The van der Waals surface area contributed by atoms with Crippen molar-refractivity contribution in [2.24, 2.45) is 0 Å². The molecule has 0 amide bonds. The van der Waals surface area contributed by atoms with E-state index in [0.717, 1.165) is 25.2 Å². The molecule has 11 aromatic rings. The first-order valence-corrected chi connectivity index (χ1v) is 24.9. The fourth-order valence-electron chi connectivity index (χ4n) is 12.5. The Balaban J connectivity index is 0.930. The maximum absolute atomic E-state index is 6.22. The van der Waals surface area contributed by atoms with Gasteiger partial charge in [0.2, 0.25) is 0 Å². The highest BCUT2D eigenvalue weighted by molar-refractivity contribution is 6.23. The summed E-state index contributed by atoms with van der Waals surface area (Å²) in [6.07, 6.45) is 2.19. The van der Waals surface area contributed by atoms with Gasteiger partial charge < -0.3 is 4.74 Å². The summed E-state index contributed by atoms with van der Waals surface area (Å²) in [6, 6.07) is 75.5. The number of ether oxygens (including phenoxy) is 1. The molecule has 332 valence electrons. The first-order valence-electron chi connectivity index (χ1n) is 24.9. The SMILES string of the molecule is CCCCOc1ccc2c(c1)C(C)(C)c1cc(-c3c4ccccc4c(-c4ccc5c(c4)C(C)(C)c4cc(-c6c7ccccc7c(-c7ccccc7)c7ccccc67)ccc4-5)c4ccccc34)ccc1-2. The lowest BCUT2D eigenvalue weighted by Crippen LogP contribution is -2.15. The summed E-state index contributed by atoms with van der Waals surface area (Å²) in [7, 11) is 0. The summed E-state index contributed by atoms with van der Waals surface area (Å²) < 4.78 is 6.22. The van der Waals surface area contributed by atoms with Crippen molar-refractivity contribution in [2.75, 3.05) is 6.61 Å². The molecule has 0 saturated carbocycles. The third-order valence-electron chi connectivity index (χ3n) is 15.9. The topological polar surface area (TPSA) is 9.23 Å². The van der Waals surface area contributed by atoms with Crippen molar-refractivity contribution in [3.8, 4) is 72.5 Å². The predicted octanol–water partition coefficient (Wildman–Crippen LogP) is 18.8. The van der Waals surface area contributed by atoms with E-state index in [2.05, 4.69) is 235 Å². The molecule has 0 aromatic heterocycles. The van der Waals surface area contributed by atoms with Crippen LogP contribution in [0.4, 0.5) is 0 Å². The second-order valence-electron chi connectivity index (χ2n) is 20.5. The number of hydrogen-bond acceptors (Lipinski definition) is 1. The van der Waals surface area contributed by atoms with Gasteiger partial charge in [-0.15, -0.1) is 0 Å². The van der Waals surface area contributed by atoms with Gasteiger partial charge in [-0.1, -0.05) is 211 Å². The van der Waals surface area contributed by atoms with E-state index in [-0.39, 0.29) is 10.8 Å². The number of hydrogen-bond donors (Lipinski definition) is 0. The molecular weight excluding hydrogens is 833 g/mol. The Bertz CT molecular complexity index is 3790. The molecule has 0 saturated heterocycles. The number of fused-ring (bicyclic) bond motifs is 10. The van der Waals surface area contributed by atoms with Gasteiger partial charge in [0.1, 0.15) is 5.75 Å². The van der Waals surface area contributed by atoms with Crippen LogP contribution >= 0.6 is 0 Å². The molecule has 0 fully saturated rings. The smallest absolute Gasteiger partial charge is 0.119 e. The average Bonchev–Trinajstić information content (AvgIpc) is 3.75. The highest BCUT2D eigenvalue weighted by Crippen LogP contribution is 2.55. The van der Waals surface area contributed by atoms with E-state index in [1.54, 1.807) is 0 Å². The minimum Gasteiger partial charge on any atom is -0.494 e. The standard InChI is InChI=1S/C68H54O/c1-6-7-37-69-46-32-36-50-49-35-31-45(40-61(49)68(4,5)62(50)41-46)66-57-27-17-15-25-55(57)65(56-26-16-18-28-58(56)66)44-30-34-48-47-33-29-43(38-59(47)67(2,3)60(48)39-44)64-53-23-13-11-21-51(53)63(42-19-9-8-10-20-42)52-22-12-14-24-54(52)64/h8-36,38-41H,6-7,37H2,1-5H3. The first-order chi connectivity index (χ1) is 33.7. The Hall–Kier alpha value is -7.74. The summed E-state index contributed by atoms with van der Waals surface area (Å²) in [6.45, 7) is 12.6. The van der Waals surface area contributed by atoms with Crippen LogP contribution in [0, 0.1) is 0 Å². The molecular formula is C68H54O. The fourth-order valence-corrected chi connectivity index (χ4v) is 12.5. The van der Waals surface area contributed by atoms with Crippen molar-refractivity contribution in [1.29, 1.82) is 0 Å². The Labute approximate surface area is 405 Å². The van der Waals surface area contributed by atoms with Crippen molar-refractivity contribution >= 4 is 43.1 Å². The summed E-state index contributed by atoms with van der Waals surface area (Å²) in [5, 5.41) is 10.2. The zero-order chi connectivity index (χ0) is 46.6. The van der Waals surface area contributed by atoms with Gasteiger partial charge in [0.25, 0.3) is 0 Å². The molecule has 0 bridgehead atoms. The summed E-state index contributed by atoms with van der Waals surface area (Å²) in [5.41, 5.74) is 20.5. The summed E-state index contributed by atoms with van der Waals surface area (Å²) in [5.74, 6) is 0.965. The maximum atomic E-state index is 6.22. The van der Waals surface area contributed by atoms with E-state index >= 15 is 0 Å². The molecule has 0 N–H and O–H groups in total. The zero-order valence-corrected chi connectivity index (χ0v) is 40.1. The Morgan fingerprint density at radius 3 is 0.971 bits per heavy atom. The van der Waals surface area contributed by atoms with E-state index in [1.165, 1.54) is 132 Å². The third kappa shape index (κ3) is 6.23. The van der Waals surface area contributed by atoms with Gasteiger partial charge in [0.05, 0.1) is 6.61 Å². The summed E-state index contributed by atoms with van der Waals surface area (Å²) >= 11 is 0. The number of rotatable bonds is 8. The molecule has 2 aliphatic rings. The highest BCUT2D eigenvalue weighted by Gasteiger charge is 2.38. The largest absolute Gasteiger partial charge is 0.494 e. The minimum absolute atomic E-state index is 0.166. The molecule has 0 spiro atoms. The first kappa shape index (κ1) is 41.4. The van der Waals surface area contributed by atoms with Crippen molar-refractivity contribution in [1.82, 2.24) is 0 Å². The number of benzene rings is 11. The Kier molecular flexibility index (Phi) is 9.40. The normalized spacial score (nSPS) is 14.0. The van der Waals surface area contributed by atoms with Gasteiger partial charge in [0, 0.05) is 10.8 Å².